The zero-order valence-electron chi connectivity index (χ0n) is 15.5. The van der Waals surface area contributed by atoms with Gasteiger partial charge in [-0.2, -0.15) is 0 Å². The van der Waals surface area contributed by atoms with Crippen LogP contribution in [0.5, 0.6) is 5.75 Å². The van der Waals surface area contributed by atoms with Gasteiger partial charge in [0.15, 0.2) is 0 Å². The maximum Gasteiger partial charge on any atom is 0.123 e. The summed E-state index contributed by atoms with van der Waals surface area (Å²) in [5, 5.41) is 10.3. The van der Waals surface area contributed by atoms with Crippen molar-refractivity contribution in [3.05, 3.63) is 34.9 Å². The number of hydrogen-bond donors (Lipinski definition) is 1. The summed E-state index contributed by atoms with van der Waals surface area (Å²) < 4.78 is 0. The standard InChI is InChI=1S/C23H32O/c1-4-6-17-13-20-16(14-22(17)24)9-10-19-18(20)11-12-23(3)15(2)7-5-8-21(19)23/h4,6,13-15,18-19,21,24H,5,7-12H2,1-3H3/b6-4+/t15-,18?,19?,21?,23?/m0/s1. The van der Waals surface area contributed by atoms with Gasteiger partial charge in [0.05, 0.1) is 0 Å². The van der Waals surface area contributed by atoms with Crippen molar-refractivity contribution in [2.24, 2.45) is 23.2 Å². The van der Waals surface area contributed by atoms with Crippen LogP contribution in [0.15, 0.2) is 18.2 Å². The molecule has 1 N–H and O–H groups in total. The van der Waals surface area contributed by atoms with Crippen LogP contribution in [0.1, 0.15) is 81.9 Å². The number of rotatable bonds is 1. The van der Waals surface area contributed by atoms with E-state index in [9.17, 15) is 5.11 Å². The number of aryl methyl sites for hydroxylation is 1. The fourth-order valence-corrected chi connectivity index (χ4v) is 6.42. The second kappa shape index (κ2) is 5.93. The first-order chi connectivity index (χ1) is 11.5. The monoisotopic (exact) mass is 324 g/mol. The molecule has 130 valence electrons. The third-order valence-electron chi connectivity index (χ3n) is 7.93. The minimum atomic E-state index is 0.456. The second-order valence-corrected chi connectivity index (χ2v) is 8.90. The molecule has 1 aromatic rings. The minimum absolute atomic E-state index is 0.456. The molecule has 3 aliphatic rings. The van der Waals surface area contributed by atoms with E-state index in [1.165, 1.54) is 44.1 Å². The van der Waals surface area contributed by atoms with E-state index in [0.29, 0.717) is 11.2 Å². The molecule has 4 rings (SSSR count). The van der Waals surface area contributed by atoms with Crippen LogP contribution >= 0.6 is 0 Å². The fraction of sp³-hybridized carbons (Fsp3) is 0.652. The Morgan fingerprint density at radius 1 is 1.17 bits per heavy atom. The first-order valence-electron chi connectivity index (χ1n) is 10.0. The molecule has 0 amide bonds. The molecule has 3 aliphatic carbocycles. The van der Waals surface area contributed by atoms with Crippen molar-refractivity contribution in [3.8, 4) is 5.75 Å². The largest absolute Gasteiger partial charge is 0.507 e. The van der Waals surface area contributed by atoms with Crippen LogP contribution in [0.2, 0.25) is 0 Å². The molecule has 0 saturated heterocycles. The summed E-state index contributed by atoms with van der Waals surface area (Å²) in [6.07, 6.45) is 13.6. The maximum atomic E-state index is 10.3. The summed E-state index contributed by atoms with van der Waals surface area (Å²) in [6.45, 7) is 7.12. The Morgan fingerprint density at radius 3 is 2.79 bits per heavy atom. The molecule has 2 saturated carbocycles. The third kappa shape index (κ3) is 2.35. The fourth-order valence-electron chi connectivity index (χ4n) is 6.42. The Morgan fingerprint density at radius 2 is 2.00 bits per heavy atom. The lowest BCUT2D eigenvalue weighted by atomic mass is 9.48. The highest BCUT2D eigenvalue weighted by Gasteiger charge is 2.51. The summed E-state index contributed by atoms with van der Waals surface area (Å²) in [5.74, 6) is 3.84. The first kappa shape index (κ1) is 16.2. The lowest BCUT2D eigenvalue weighted by molar-refractivity contribution is -0.0433. The molecule has 0 bridgehead atoms. The van der Waals surface area contributed by atoms with Gasteiger partial charge in [0, 0.05) is 5.56 Å². The summed E-state index contributed by atoms with van der Waals surface area (Å²) in [7, 11) is 0. The number of benzene rings is 1. The molecular weight excluding hydrogens is 292 g/mol. The van der Waals surface area contributed by atoms with Crippen LogP contribution in [0.4, 0.5) is 0 Å². The minimum Gasteiger partial charge on any atom is -0.507 e. The van der Waals surface area contributed by atoms with Crippen LogP contribution < -0.4 is 0 Å². The third-order valence-corrected chi connectivity index (χ3v) is 7.93. The highest BCUT2D eigenvalue weighted by Crippen LogP contribution is 2.61. The lowest BCUT2D eigenvalue weighted by Gasteiger charge is -2.57. The van der Waals surface area contributed by atoms with Gasteiger partial charge in [0.25, 0.3) is 0 Å². The zero-order chi connectivity index (χ0) is 16.9. The first-order valence-corrected chi connectivity index (χ1v) is 10.0. The van der Waals surface area contributed by atoms with Gasteiger partial charge in [-0.1, -0.05) is 38.8 Å². The molecule has 0 aromatic heterocycles. The predicted octanol–water partition coefficient (Wildman–Crippen LogP) is 6.31. The van der Waals surface area contributed by atoms with E-state index in [0.717, 1.165) is 35.7 Å². The average molecular weight is 325 g/mol. The summed E-state index contributed by atoms with van der Waals surface area (Å²) in [6, 6.07) is 4.36. The van der Waals surface area contributed by atoms with Gasteiger partial charge in [0.2, 0.25) is 0 Å². The van der Waals surface area contributed by atoms with Crippen molar-refractivity contribution in [3.63, 3.8) is 0 Å². The molecule has 1 aromatic carbocycles. The van der Waals surface area contributed by atoms with E-state index >= 15 is 0 Å². The van der Waals surface area contributed by atoms with Crippen LogP contribution in [0.3, 0.4) is 0 Å². The molecular formula is C23H32O. The summed E-state index contributed by atoms with van der Waals surface area (Å²) in [5.41, 5.74) is 4.54. The van der Waals surface area contributed by atoms with Gasteiger partial charge in [0.1, 0.15) is 5.75 Å². The van der Waals surface area contributed by atoms with Crippen molar-refractivity contribution in [2.75, 3.05) is 0 Å². The van der Waals surface area contributed by atoms with Crippen molar-refractivity contribution < 1.29 is 5.11 Å². The normalized spacial score (nSPS) is 38.5. The Balaban J connectivity index is 1.72. The quantitative estimate of drug-likeness (QED) is 0.642. The van der Waals surface area contributed by atoms with Crippen LogP contribution in [-0.4, -0.2) is 5.11 Å². The van der Waals surface area contributed by atoms with Crippen LogP contribution in [0, 0.1) is 23.2 Å². The van der Waals surface area contributed by atoms with Crippen molar-refractivity contribution >= 4 is 6.08 Å². The van der Waals surface area contributed by atoms with Crippen LogP contribution in [-0.2, 0) is 6.42 Å². The van der Waals surface area contributed by atoms with Gasteiger partial charge in [-0.25, -0.2) is 0 Å². The maximum absolute atomic E-state index is 10.3. The smallest absolute Gasteiger partial charge is 0.123 e. The SMILES string of the molecule is C/C=C/c1cc2c(cc1O)CCC1C2CCC2(C)C1CCC[C@@H]2C. The molecule has 0 heterocycles. The van der Waals surface area contributed by atoms with E-state index in [-0.39, 0.29) is 0 Å². The van der Waals surface area contributed by atoms with Gasteiger partial charge >= 0.3 is 0 Å². The van der Waals surface area contributed by atoms with Gasteiger partial charge in [-0.3, -0.25) is 0 Å². The highest BCUT2D eigenvalue weighted by atomic mass is 16.3. The van der Waals surface area contributed by atoms with E-state index in [1.807, 2.05) is 13.0 Å². The zero-order valence-corrected chi connectivity index (χ0v) is 15.5. The molecule has 5 atom stereocenters. The molecule has 0 aliphatic heterocycles. The molecule has 24 heavy (non-hydrogen) atoms. The number of phenols is 1. The van der Waals surface area contributed by atoms with Crippen LogP contribution in [0.25, 0.3) is 6.08 Å². The van der Waals surface area contributed by atoms with Crippen molar-refractivity contribution in [1.29, 1.82) is 0 Å². The van der Waals surface area contributed by atoms with Gasteiger partial charge in [-0.05, 0) is 91.4 Å². The molecule has 0 spiro atoms. The second-order valence-electron chi connectivity index (χ2n) is 8.90. The van der Waals surface area contributed by atoms with Gasteiger partial charge in [-0.15, -0.1) is 0 Å². The molecule has 1 nitrogen and oxygen atoms in total. The Kier molecular flexibility index (Phi) is 4.01. The van der Waals surface area contributed by atoms with Gasteiger partial charge < -0.3 is 5.11 Å². The molecule has 2 fully saturated rings. The summed E-state index contributed by atoms with van der Waals surface area (Å²) >= 11 is 0. The van der Waals surface area contributed by atoms with Crippen molar-refractivity contribution in [2.45, 2.75) is 71.6 Å². The highest BCUT2D eigenvalue weighted by molar-refractivity contribution is 5.60. The number of hydrogen-bond acceptors (Lipinski definition) is 1. The summed E-state index contributed by atoms with van der Waals surface area (Å²) in [4.78, 5) is 0. The molecule has 1 heteroatoms. The van der Waals surface area contributed by atoms with E-state index in [1.54, 1.807) is 5.56 Å². The topological polar surface area (TPSA) is 20.2 Å². The predicted molar refractivity (Wildman–Crippen MR) is 101 cm³/mol. The number of fused-ring (bicyclic) bond motifs is 5. The molecule has 0 radical (unpaired) electrons. The van der Waals surface area contributed by atoms with E-state index in [2.05, 4.69) is 32.1 Å². The van der Waals surface area contributed by atoms with E-state index in [4.69, 9.17) is 0 Å². The van der Waals surface area contributed by atoms with E-state index < -0.39 is 0 Å². The van der Waals surface area contributed by atoms with Crippen molar-refractivity contribution in [1.82, 2.24) is 0 Å². The number of phenolic OH excluding ortho intramolecular Hbond substituents is 1. The Hall–Kier alpha value is -1.24. The lowest BCUT2D eigenvalue weighted by Crippen LogP contribution is -2.47. The number of allylic oxidation sites excluding steroid dienone is 1. The average Bonchev–Trinajstić information content (AvgIpc) is 2.56. The molecule has 4 unspecified atom stereocenters. The number of aromatic hydroxyl groups is 1. The Labute approximate surface area is 147 Å². The Bertz CT molecular complexity index is 658.